The molecule has 25 heavy (non-hydrogen) atoms. The molecule has 1 aliphatic rings. The molecule has 0 aromatic heterocycles. The summed E-state index contributed by atoms with van der Waals surface area (Å²) in [5, 5.41) is 0. The molecular weight excluding hydrogens is 310 g/mol. The van der Waals surface area contributed by atoms with Gasteiger partial charge < -0.3 is 9.64 Å². The van der Waals surface area contributed by atoms with Crippen molar-refractivity contribution in [1.29, 1.82) is 0 Å². The van der Waals surface area contributed by atoms with Crippen LogP contribution in [0.4, 0.5) is 0 Å². The third kappa shape index (κ3) is 4.49. The maximum absolute atomic E-state index is 12.5. The van der Waals surface area contributed by atoms with Gasteiger partial charge in [0.15, 0.2) is 0 Å². The standard InChI is InChI=1S/C22H27NO2/c1-16(2)18-10-8-17(9-11-18)12-22(24)23(3)14-21-13-19-6-4-5-7-20(19)15-25-21/h4-11,16,21H,12-15H2,1-3H3. The molecule has 1 aliphatic heterocycles. The van der Waals surface area contributed by atoms with Gasteiger partial charge in [-0.15, -0.1) is 0 Å². The van der Waals surface area contributed by atoms with Crippen molar-refractivity contribution >= 4 is 5.91 Å². The maximum atomic E-state index is 12.5. The highest BCUT2D eigenvalue weighted by Gasteiger charge is 2.22. The van der Waals surface area contributed by atoms with Crippen LogP contribution in [0.5, 0.6) is 0 Å². The summed E-state index contributed by atoms with van der Waals surface area (Å²) in [5.74, 6) is 0.651. The molecule has 0 saturated carbocycles. The number of fused-ring (bicyclic) bond motifs is 1. The van der Waals surface area contributed by atoms with Crippen LogP contribution in [0.2, 0.25) is 0 Å². The second-order valence-electron chi connectivity index (χ2n) is 7.25. The second-order valence-corrected chi connectivity index (χ2v) is 7.25. The fourth-order valence-electron chi connectivity index (χ4n) is 3.26. The Hall–Kier alpha value is -2.13. The molecule has 1 atom stereocenters. The van der Waals surface area contributed by atoms with E-state index < -0.39 is 0 Å². The van der Waals surface area contributed by atoms with Crippen LogP contribution in [0.25, 0.3) is 0 Å². The lowest BCUT2D eigenvalue weighted by Gasteiger charge is -2.29. The lowest BCUT2D eigenvalue weighted by Crippen LogP contribution is -2.38. The average Bonchev–Trinajstić information content (AvgIpc) is 2.62. The van der Waals surface area contributed by atoms with Gasteiger partial charge in [-0.3, -0.25) is 4.79 Å². The Kier molecular flexibility index (Phi) is 5.54. The third-order valence-corrected chi connectivity index (χ3v) is 4.95. The Labute approximate surface area is 150 Å². The Morgan fingerprint density at radius 3 is 2.48 bits per heavy atom. The van der Waals surface area contributed by atoms with Gasteiger partial charge in [-0.05, 0) is 28.2 Å². The first kappa shape index (κ1) is 17.7. The van der Waals surface area contributed by atoms with Crippen LogP contribution >= 0.6 is 0 Å². The normalized spacial score (nSPS) is 16.6. The number of benzene rings is 2. The van der Waals surface area contributed by atoms with Crippen molar-refractivity contribution in [2.45, 2.75) is 45.3 Å². The molecule has 1 heterocycles. The highest BCUT2D eigenvalue weighted by Crippen LogP contribution is 2.21. The van der Waals surface area contributed by atoms with Crippen molar-refractivity contribution in [3.63, 3.8) is 0 Å². The van der Waals surface area contributed by atoms with E-state index in [0.717, 1.165) is 12.0 Å². The molecule has 1 amide bonds. The summed E-state index contributed by atoms with van der Waals surface area (Å²) < 4.78 is 5.92. The molecule has 3 heteroatoms. The van der Waals surface area contributed by atoms with E-state index in [2.05, 4.69) is 56.3 Å². The third-order valence-electron chi connectivity index (χ3n) is 4.95. The predicted octanol–water partition coefficient (Wildman–Crippen LogP) is 3.95. The maximum Gasteiger partial charge on any atom is 0.226 e. The van der Waals surface area contributed by atoms with Crippen LogP contribution in [-0.2, 0) is 29.0 Å². The van der Waals surface area contributed by atoms with Crippen molar-refractivity contribution in [2.24, 2.45) is 0 Å². The number of nitrogens with zero attached hydrogens (tertiary/aromatic N) is 1. The Morgan fingerprint density at radius 2 is 1.80 bits per heavy atom. The van der Waals surface area contributed by atoms with E-state index in [9.17, 15) is 4.79 Å². The fraction of sp³-hybridized carbons (Fsp3) is 0.409. The monoisotopic (exact) mass is 337 g/mol. The molecule has 0 N–H and O–H groups in total. The van der Waals surface area contributed by atoms with Crippen LogP contribution < -0.4 is 0 Å². The van der Waals surface area contributed by atoms with Crippen molar-refractivity contribution in [2.75, 3.05) is 13.6 Å². The molecule has 0 bridgehead atoms. The molecule has 132 valence electrons. The predicted molar refractivity (Wildman–Crippen MR) is 101 cm³/mol. The Morgan fingerprint density at radius 1 is 1.12 bits per heavy atom. The number of carbonyl (C=O) groups excluding carboxylic acids is 1. The second kappa shape index (κ2) is 7.83. The Balaban J connectivity index is 1.54. The van der Waals surface area contributed by atoms with Gasteiger partial charge in [-0.1, -0.05) is 62.4 Å². The zero-order chi connectivity index (χ0) is 17.8. The van der Waals surface area contributed by atoms with Gasteiger partial charge in [-0.25, -0.2) is 0 Å². The van der Waals surface area contributed by atoms with Gasteiger partial charge in [0, 0.05) is 20.0 Å². The molecule has 2 aromatic carbocycles. The van der Waals surface area contributed by atoms with Crippen molar-refractivity contribution in [3.8, 4) is 0 Å². The van der Waals surface area contributed by atoms with Gasteiger partial charge >= 0.3 is 0 Å². The van der Waals surface area contributed by atoms with Crippen LogP contribution in [0.15, 0.2) is 48.5 Å². The summed E-state index contributed by atoms with van der Waals surface area (Å²) in [5.41, 5.74) is 4.97. The summed E-state index contributed by atoms with van der Waals surface area (Å²) in [4.78, 5) is 14.3. The summed E-state index contributed by atoms with van der Waals surface area (Å²) in [6, 6.07) is 16.7. The first-order valence-electron chi connectivity index (χ1n) is 9.04. The molecule has 1 unspecified atom stereocenters. The molecule has 0 fully saturated rings. The summed E-state index contributed by atoms with van der Waals surface area (Å²) in [6.45, 7) is 5.63. The fourth-order valence-corrected chi connectivity index (χ4v) is 3.26. The smallest absolute Gasteiger partial charge is 0.226 e. The van der Waals surface area contributed by atoms with Crippen molar-refractivity contribution in [1.82, 2.24) is 4.90 Å². The SMILES string of the molecule is CC(C)c1ccc(CC(=O)N(C)CC2Cc3ccccc3CO2)cc1. The number of amides is 1. The highest BCUT2D eigenvalue weighted by molar-refractivity contribution is 5.78. The number of hydrogen-bond acceptors (Lipinski definition) is 2. The molecule has 0 saturated heterocycles. The molecule has 0 radical (unpaired) electrons. The zero-order valence-corrected chi connectivity index (χ0v) is 15.4. The van der Waals surface area contributed by atoms with Gasteiger partial charge in [0.2, 0.25) is 5.91 Å². The number of likely N-dealkylation sites (N-methyl/N-ethyl adjacent to an activating group) is 1. The van der Waals surface area contributed by atoms with E-state index in [1.54, 1.807) is 4.90 Å². The average molecular weight is 337 g/mol. The van der Waals surface area contributed by atoms with E-state index in [1.165, 1.54) is 16.7 Å². The zero-order valence-electron chi connectivity index (χ0n) is 15.4. The molecule has 0 spiro atoms. The van der Waals surface area contributed by atoms with Gasteiger partial charge in [0.05, 0.1) is 19.1 Å². The topological polar surface area (TPSA) is 29.5 Å². The van der Waals surface area contributed by atoms with Crippen LogP contribution in [-0.4, -0.2) is 30.5 Å². The van der Waals surface area contributed by atoms with Gasteiger partial charge in [0.1, 0.15) is 0 Å². The first-order chi connectivity index (χ1) is 12.0. The lowest BCUT2D eigenvalue weighted by atomic mass is 9.98. The van der Waals surface area contributed by atoms with E-state index in [1.807, 2.05) is 13.1 Å². The first-order valence-corrected chi connectivity index (χ1v) is 9.04. The minimum atomic E-state index is 0.0761. The minimum absolute atomic E-state index is 0.0761. The number of rotatable bonds is 5. The van der Waals surface area contributed by atoms with Crippen molar-refractivity contribution in [3.05, 3.63) is 70.8 Å². The molecule has 3 rings (SSSR count). The van der Waals surface area contributed by atoms with Gasteiger partial charge in [-0.2, -0.15) is 0 Å². The van der Waals surface area contributed by atoms with E-state index >= 15 is 0 Å². The largest absolute Gasteiger partial charge is 0.371 e. The van der Waals surface area contributed by atoms with E-state index in [-0.39, 0.29) is 12.0 Å². The van der Waals surface area contributed by atoms with Crippen molar-refractivity contribution < 1.29 is 9.53 Å². The molecule has 0 aliphatic carbocycles. The van der Waals surface area contributed by atoms with Crippen LogP contribution in [0.3, 0.4) is 0 Å². The van der Waals surface area contributed by atoms with Gasteiger partial charge in [0.25, 0.3) is 0 Å². The Bertz CT molecular complexity index is 721. The summed E-state index contributed by atoms with van der Waals surface area (Å²) >= 11 is 0. The summed E-state index contributed by atoms with van der Waals surface area (Å²) in [7, 11) is 1.87. The summed E-state index contributed by atoms with van der Waals surface area (Å²) in [6.07, 6.45) is 1.39. The van der Waals surface area contributed by atoms with E-state index in [4.69, 9.17) is 4.74 Å². The molecule has 2 aromatic rings. The lowest BCUT2D eigenvalue weighted by molar-refractivity contribution is -0.131. The quantitative estimate of drug-likeness (QED) is 0.827. The van der Waals surface area contributed by atoms with Crippen LogP contribution in [0.1, 0.15) is 42.0 Å². The van der Waals surface area contributed by atoms with E-state index in [0.29, 0.717) is 25.5 Å². The number of hydrogen-bond donors (Lipinski definition) is 0. The highest BCUT2D eigenvalue weighted by atomic mass is 16.5. The molecule has 3 nitrogen and oxygen atoms in total. The molecular formula is C22H27NO2. The number of carbonyl (C=O) groups is 1. The number of ether oxygens (including phenoxy) is 1. The minimum Gasteiger partial charge on any atom is -0.371 e. The van der Waals surface area contributed by atoms with Crippen LogP contribution in [0, 0.1) is 0 Å².